The van der Waals surface area contributed by atoms with Crippen LogP contribution < -0.4 is 5.56 Å². The van der Waals surface area contributed by atoms with E-state index in [1.54, 1.807) is 23.1 Å². The van der Waals surface area contributed by atoms with E-state index in [1.807, 2.05) is 6.07 Å². The molecule has 0 spiro atoms. The van der Waals surface area contributed by atoms with Gasteiger partial charge in [-0.2, -0.15) is 5.10 Å². The number of aromatic amines is 1. The number of likely N-dealkylation sites (tertiary alicyclic amines) is 1. The van der Waals surface area contributed by atoms with E-state index in [0.29, 0.717) is 36.6 Å². The molecule has 2 fully saturated rings. The predicted molar refractivity (Wildman–Crippen MR) is 109 cm³/mol. The van der Waals surface area contributed by atoms with Gasteiger partial charge in [0.15, 0.2) is 5.52 Å². The standard InChI is InChI=1S/C21H26FN7O/c1-13-10-28(12-18-23-7-2-8-24-18)11-16(13)19-26-21(30)17-9-25-20(29(17)27-19)14-3-5-15(22)6-4-14/h2,7-9,13-16H,3-6,10-12H2,1H3,(H,26,27,30). The topological polar surface area (TPSA) is 92.1 Å². The van der Waals surface area contributed by atoms with Crippen molar-refractivity contribution in [3.63, 3.8) is 0 Å². The summed E-state index contributed by atoms with van der Waals surface area (Å²) >= 11 is 0. The van der Waals surface area contributed by atoms with Crippen LogP contribution in [0.5, 0.6) is 0 Å². The van der Waals surface area contributed by atoms with E-state index < -0.39 is 6.17 Å². The first-order valence-electron chi connectivity index (χ1n) is 10.7. The summed E-state index contributed by atoms with van der Waals surface area (Å²) in [7, 11) is 0. The van der Waals surface area contributed by atoms with E-state index in [1.165, 1.54) is 0 Å². The van der Waals surface area contributed by atoms with Crippen molar-refractivity contribution >= 4 is 5.52 Å². The van der Waals surface area contributed by atoms with Crippen LogP contribution in [-0.2, 0) is 6.54 Å². The van der Waals surface area contributed by atoms with Crippen molar-refractivity contribution in [3.8, 4) is 0 Å². The van der Waals surface area contributed by atoms with Gasteiger partial charge in [0, 0.05) is 37.3 Å². The van der Waals surface area contributed by atoms with Gasteiger partial charge in [-0.3, -0.25) is 9.69 Å². The first-order chi connectivity index (χ1) is 14.6. The molecule has 2 unspecified atom stereocenters. The summed E-state index contributed by atoms with van der Waals surface area (Å²) in [6, 6.07) is 1.81. The van der Waals surface area contributed by atoms with Crippen molar-refractivity contribution in [1.29, 1.82) is 0 Å². The van der Waals surface area contributed by atoms with E-state index in [0.717, 1.165) is 37.6 Å². The van der Waals surface area contributed by atoms with Gasteiger partial charge in [0.05, 0.1) is 12.7 Å². The lowest BCUT2D eigenvalue weighted by Gasteiger charge is -2.23. The molecule has 1 saturated heterocycles. The molecule has 9 heteroatoms. The molecule has 2 atom stereocenters. The highest BCUT2D eigenvalue weighted by Crippen LogP contribution is 2.34. The number of rotatable bonds is 4. The van der Waals surface area contributed by atoms with Gasteiger partial charge < -0.3 is 4.98 Å². The lowest BCUT2D eigenvalue weighted by atomic mass is 9.87. The Morgan fingerprint density at radius 2 is 1.90 bits per heavy atom. The number of hydrogen-bond donors (Lipinski definition) is 1. The molecule has 158 valence electrons. The van der Waals surface area contributed by atoms with E-state index in [9.17, 15) is 9.18 Å². The van der Waals surface area contributed by atoms with Gasteiger partial charge in [-0.25, -0.2) is 23.9 Å². The maximum absolute atomic E-state index is 13.6. The molecule has 2 aliphatic rings. The minimum atomic E-state index is -0.724. The van der Waals surface area contributed by atoms with Crippen molar-refractivity contribution in [2.45, 2.75) is 57.2 Å². The van der Waals surface area contributed by atoms with Crippen LogP contribution in [0.2, 0.25) is 0 Å². The lowest BCUT2D eigenvalue weighted by Crippen LogP contribution is -2.24. The molecule has 3 aromatic heterocycles. The largest absolute Gasteiger partial charge is 0.307 e. The van der Waals surface area contributed by atoms with Crippen LogP contribution in [0, 0.1) is 5.92 Å². The maximum atomic E-state index is 13.6. The van der Waals surface area contributed by atoms with E-state index in [-0.39, 0.29) is 17.4 Å². The number of imidazole rings is 1. The summed E-state index contributed by atoms with van der Waals surface area (Å²) < 4.78 is 15.3. The van der Waals surface area contributed by atoms with Crippen LogP contribution in [0.4, 0.5) is 4.39 Å². The highest BCUT2D eigenvalue weighted by Gasteiger charge is 2.34. The number of aromatic nitrogens is 6. The van der Waals surface area contributed by atoms with Crippen LogP contribution in [0.25, 0.3) is 5.52 Å². The predicted octanol–water partition coefficient (Wildman–Crippen LogP) is 2.44. The number of fused-ring (bicyclic) bond motifs is 1. The summed E-state index contributed by atoms with van der Waals surface area (Å²) in [6.45, 7) is 4.53. The molecular formula is C21H26FN7O. The van der Waals surface area contributed by atoms with Gasteiger partial charge >= 0.3 is 0 Å². The lowest BCUT2D eigenvalue weighted by molar-refractivity contribution is 0.231. The van der Waals surface area contributed by atoms with E-state index in [2.05, 4.69) is 31.8 Å². The Kier molecular flexibility index (Phi) is 5.06. The molecule has 1 aliphatic heterocycles. The Hall–Kier alpha value is -2.68. The average molecular weight is 411 g/mol. The zero-order chi connectivity index (χ0) is 20.7. The Morgan fingerprint density at radius 1 is 1.13 bits per heavy atom. The van der Waals surface area contributed by atoms with Crippen molar-refractivity contribution < 1.29 is 4.39 Å². The van der Waals surface area contributed by atoms with Crippen LogP contribution in [-0.4, -0.2) is 53.7 Å². The molecule has 0 aromatic carbocycles. The minimum Gasteiger partial charge on any atom is -0.307 e. The highest BCUT2D eigenvalue weighted by molar-refractivity contribution is 5.42. The molecule has 1 N–H and O–H groups in total. The maximum Gasteiger partial charge on any atom is 0.276 e. The Balaban J connectivity index is 1.41. The van der Waals surface area contributed by atoms with Gasteiger partial charge in [-0.1, -0.05) is 6.92 Å². The van der Waals surface area contributed by atoms with Crippen molar-refractivity contribution in [2.75, 3.05) is 13.1 Å². The average Bonchev–Trinajstić information content (AvgIpc) is 3.33. The fourth-order valence-corrected chi connectivity index (χ4v) is 4.85. The Morgan fingerprint density at radius 3 is 2.67 bits per heavy atom. The van der Waals surface area contributed by atoms with Gasteiger partial charge in [0.1, 0.15) is 23.6 Å². The van der Waals surface area contributed by atoms with Crippen LogP contribution in [0.3, 0.4) is 0 Å². The van der Waals surface area contributed by atoms with Crippen molar-refractivity contribution in [2.24, 2.45) is 5.92 Å². The molecule has 0 amide bonds. The molecule has 4 heterocycles. The molecule has 30 heavy (non-hydrogen) atoms. The summed E-state index contributed by atoms with van der Waals surface area (Å²) in [5.41, 5.74) is 0.284. The van der Waals surface area contributed by atoms with Gasteiger partial charge in [-0.15, -0.1) is 0 Å². The Labute approximate surface area is 173 Å². The minimum absolute atomic E-state index is 0.114. The fourth-order valence-electron chi connectivity index (χ4n) is 4.85. The molecule has 0 radical (unpaired) electrons. The van der Waals surface area contributed by atoms with Crippen molar-refractivity contribution in [1.82, 2.24) is 34.4 Å². The number of H-pyrrole nitrogens is 1. The third-order valence-electron chi connectivity index (χ3n) is 6.49. The van der Waals surface area contributed by atoms with Gasteiger partial charge in [0.2, 0.25) is 0 Å². The zero-order valence-electron chi connectivity index (χ0n) is 17.0. The zero-order valence-corrected chi connectivity index (χ0v) is 17.0. The number of alkyl halides is 1. The van der Waals surface area contributed by atoms with Crippen LogP contribution >= 0.6 is 0 Å². The Bertz CT molecular complexity index is 1070. The number of halogens is 1. The smallest absolute Gasteiger partial charge is 0.276 e. The molecule has 1 aliphatic carbocycles. The first-order valence-corrected chi connectivity index (χ1v) is 10.7. The summed E-state index contributed by atoms with van der Waals surface area (Å²) in [4.78, 5) is 31.1. The molecule has 3 aromatic rings. The molecule has 0 bridgehead atoms. The second-order valence-corrected chi connectivity index (χ2v) is 8.64. The highest BCUT2D eigenvalue weighted by atomic mass is 19.1. The van der Waals surface area contributed by atoms with Crippen LogP contribution in [0.1, 0.15) is 61.9 Å². The second kappa shape index (κ2) is 7.86. The number of hydrogen-bond acceptors (Lipinski definition) is 6. The quantitative estimate of drug-likeness (QED) is 0.709. The summed E-state index contributed by atoms with van der Waals surface area (Å²) in [5, 5.41) is 4.81. The number of nitrogens with zero attached hydrogens (tertiary/aromatic N) is 6. The van der Waals surface area contributed by atoms with Gasteiger partial charge in [-0.05, 0) is 37.7 Å². The summed E-state index contributed by atoms with van der Waals surface area (Å²) in [5.74, 6) is 2.86. The molecule has 5 rings (SSSR count). The first kappa shape index (κ1) is 19.3. The third kappa shape index (κ3) is 3.62. The van der Waals surface area contributed by atoms with E-state index >= 15 is 0 Å². The van der Waals surface area contributed by atoms with Crippen molar-refractivity contribution in [3.05, 3.63) is 52.5 Å². The van der Waals surface area contributed by atoms with E-state index in [4.69, 9.17) is 5.10 Å². The monoisotopic (exact) mass is 411 g/mol. The third-order valence-corrected chi connectivity index (χ3v) is 6.49. The SMILES string of the molecule is CC1CN(Cc2ncccn2)CC1c1nn2c(C3CCC(F)CC3)ncc2c(=O)[nH]1. The number of nitrogens with one attached hydrogen (secondary N) is 1. The van der Waals surface area contributed by atoms with Crippen LogP contribution in [0.15, 0.2) is 29.5 Å². The molecule has 8 nitrogen and oxygen atoms in total. The second-order valence-electron chi connectivity index (χ2n) is 8.64. The summed E-state index contributed by atoms with van der Waals surface area (Å²) in [6.07, 6.45) is 6.95. The molecule has 1 saturated carbocycles. The van der Waals surface area contributed by atoms with Gasteiger partial charge in [0.25, 0.3) is 5.56 Å². The molecular weight excluding hydrogens is 385 g/mol. The normalized spacial score (nSPS) is 27.7. The fraction of sp³-hybridized carbons (Fsp3) is 0.571.